The van der Waals surface area contributed by atoms with Crippen LogP contribution in [0.15, 0.2) is 48.8 Å². The molecule has 198 valence electrons. The monoisotopic (exact) mass is 554 g/mol. The molecule has 1 fully saturated rings. The second-order valence-corrected chi connectivity index (χ2v) is 10.7. The Morgan fingerprint density at radius 1 is 1.18 bits per heavy atom. The standard InChI is InChI=1S/C28H28Cl2N4O4/c1-17(27(35)36)6-5-13-37-21-10-4-9-20(22(21)30)24-33-23-25(31-16-32-26(23)38-28(2)11-12-28)34(24)15-18-7-3-8-19(29)14-18/h3-4,7-10,14,16-17H,5-6,11-13,15H2,1-2H3,(H,35,36). The van der Waals surface area contributed by atoms with Gasteiger partial charge in [0, 0.05) is 10.6 Å². The molecule has 1 atom stereocenters. The van der Waals surface area contributed by atoms with Crippen LogP contribution in [0.4, 0.5) is 0 Å². The Morgan fingerprint density at radius 2 is 1.97 bits per heavy atom. The third-order valence-corrected chi connectivity index (χ3v) is 7.32. The van der Waals surface area contributed by atoms with E-state index in [0.29, 0.717) is 70.2 Å². The minimum Gasteiger partial charge on any atom is -0.492 e. The lowest BCUT2D eigenvalue weighted by molar-refractivity contribution is -0.141. The van der Waals surface area contributed by atoms with Crippen LogP contribution in [-0.2, 0) is 11.3 Å². The van der Waals surface area contributed by atoms with E-state index in [2.05, 4.69) is 16.9 Å². The van der Waals surface area contributed by atoms with Gasteiger partial charge in [-0.3, -0.25) is 4.79 Å². The lowest BCUT2D eigenvalue weighted by Crippen LogP contribution is -2.13. The second-order valence-electron chi connectivity index (χ2n) is 9.90. The predicted octanol–water partition coefficient (Wildman–Crippen LogP) is 6.66. The largest absolute Gasteiger partial charge is 0.492 e. The normalized spacial score (nSPS) is 14.8. The zero-order valence-corrected chi connectivity index (χ0v) is 22.7. The van der Waals surface area contributed by atoms with Crippen molar-refractivity contribution in [2.75, 3.05) is 6.61 Å². The molecule has 2 aromatic heterocycles. The van der Waals surface area contributed by atoms with Crippen molar-refractivity contribution in [3.05, 3.63) is 64.4 Å². The van der Waals surface area contributed by atoms with E-state index in [0.717, 1.165) is 18.4 Å². The van der Waals surface area contributed by atoms with Gasteiger partial charge >= 0.3 is 5.97 Å². The van der Waals surface area contributed by atoms with Crippen LogP contribution in [-0.4, -0.2) is 42.8 Å². The summed E-state index contributed by atoms with van der Waals surface area (Å²) in [5, 5.41) is 10.1. The molecule has 2 heterocycles. The fraction of sp³-hybridized carbons (Fsp3) is 0.357. The third kappa shape index (κ3) is 5.71. The average Bonchev–Trinajstić information content (AvgIpc) is 3.50. The number of imidazole rings is 1. The molecule has 1 aliphatic rings. The van der Waals surface area contributed by atoms with Crippen molar-refractivity contribution >= 4 is 40.3 Å². The molecule has 0 aliphatic heterocycles. The Balaban J connectivity index is 1.52. The number of halogens is 2. The van der Waals surface area contributed by atoms with Crippen molar-refractivity contribution in [3.63, 3.8) is 0 Å². The lowest BCUT2D eigenvalue weighted by Gasteiger charge is -2.14. The first kappa shape index (κ1) is 26.3. The van der Waals surface area contributed by atoms with E-state index >= 15 is 0 Å². The first-order valence-corrected chi connectivity index (χ1v) is 13.3. The summed E-state index contributed by atoms with van der Waals surface area (Å²) in [6, 6.07) is 13.2. The average molecular weight is 555 g/mol. The van der Waals surface area contributed by atoms with Gasteiger partial charge in [0.05, 0.1) is 24.1 Å². The smallest absolute Gasteiger partial charge is 0.306 e. The van der Waals surface area contributed by atoms with Crippen LogP contribution in [0.3, 0.4) is 0 Å². The molecule has 0 amide bonds. The maximum atomic E-state index is 11.1. The number of hydrogen-bond acceptors (Lipinski definition) is 6. The van der Waals surface area contributed by atoms with E-state index in [9.17, 15) is 4.79 Å². The number of rotatable bonds is 11. The van der Waals surface area contributed by atoms with Crippen LogP contribution >= 0.6 is 23.2 Å². The van der Waals surface area contributed by atoms with Gasteiger partial charge in [0.15, 0.2) is 11.2 Å². The van der Waals surface area contributed by atoms with Gasteiger partial charge in [-0.1, -0.05) is 48.3 Å². The van der Waals surface area contributed by atoms with E-state index in [-0.39, 0.29) is 5.60 Å². The highest BCUT2D eigenvalue weighted by Crippen LogP contribution is 2.42. The number of fused-ring (bicyclic) bond motifs is 1. The number of carboxylic acid groups (broad SMARTS) is 1. The van der Waals surface area contributed by atoms with Crippen molar-refractivity contribution in [1.29, 1.82) is 0 Å². The Kier molecular flexibility index (Phi) is 7.45. The molecule has 0 saturated heterocycles. The van der Waals surface area contributed by atoms with Gasteiger partial charge in [-0.05, 0) is 62.4 Å². The summed E-state index contributed by atoms with van der Waals surface area (Å²) < 4.78 is 14.1. The molecule has 1 unspecified atom stereocenters. The Morgan fingerprint density at radius 3 is 2.71 bits per heavy atom. The van der Waals surface area contributed by atoms with Crippen LogP contribution in [0.1, 0.15) is 45.1 Å². The Bertz CT molecular complexity index is 1490. The summed E-state index contributed by atoms with van der Waals surface area (Å²) in [6.45, 7) is 4.54. The molecule has 1 saturated carbocycles. The molecule has 10 heteroatoms. The number of aliphatic carboxylic acids is 1. The molecule has 1 N–H and O–H groups in total. The van der Waals surface area contributed by atoms with Gasteiger partial charge in [0.2, 0.25) is 5.88 Å². The highest BCUT2D eigenvalue weighted by atomic mass is 35.5. The van der Waals surface area contributed by atoms with Crippen LogP contribution < -0.4 is 9.47 Å². The number of hydrogen-bond donors (Lipinski definition) is 1. The Labute approximate surface area is 230 Å². The molecule has 1 aliphatic carbocycles. The molecule has 5 rings (SSSR count). The van der Waals surface area contributed by atoms with Gasteiger partial charge in [-0.15, -0.1) is 0 Å². The van der Waals surface area contributed by atoms with Gasteiger partial charge in [0.1, 0.15) is 23.5 Å². The van der Waals surface area contributed by atoms with Crippen molar-refractivity contribution in [2.45, 2.75) is 51.7 Å². The summed E-state index contributed by atoms with van der Waals surface area (Å²) in [4.78, 5) is 25.0. The highest BCUT2D eigenvalue weighted by molar-refractivity contribution is 6.34. The number of carboxylic acids is 1. The van der Waals surface area contributed by atoms with Gasteiger partial charge in [-0.2, -0.15) is 4.98 Å². The van der Waals surface area contributed by atoms with Gasteiger partial charge in [-0.25, -0.2) is 9.97 Å². The Hall–Kier alpha value is -3.36. The van der Waals surface area contributed by atoms with E-state index in [1.165, 1.54) is 6.33 Å². The lowest BCUT2D eigenvalue weighted by atomic mass is 10.1. The number of benzene rings is 2. The number of aromatic nitrogens is 4. The van der Waals surface area contributed by atoms with E-state index in [4.69, 9.17) is 42.8 Å². The van der Waals surface area contributed by atoms with Crippen molar-refractivity contribution in [2.24, 2.45) is 5.92 Å². The molecular weight excluding hydrogens is 527 g/mol. The van der Waals surface area contributed by atoms with Gasteiger partial charge in [0.25, 0.3) is 0 Å². The van der Waals surface area contributed by atoms with E-state index in [1.807, 2.05) is 41.0 Å². The fourth-order valence-corrected chi connectivity index (χ4v) is 4.64. The molecular formula is C28H28Cl2N4O4. The first-order chi connectivity index (χ1) is 18.2. The molecule has 2 aromatic carbocycles. The van der Waals surface area contributed by atoms with Crippen molar-refractivity contribution < 1.29 is 19.4 Å². The summed E-state index contributed by atoms with van der Waals surface area (Å²) >= 11 is 13.1. The summed E-state index contributed by atoms with van der Waals surface area (Å²) in [6.07, 6.45) is 4.53. The van der Waals surface area contributed by atoms with E-state index < -0.39 is 11.9 Å². The van der Waals surface area contributed by atoms with Crippen LogP contribution in [0, 0.1) is 5.92 Å². The minimum absolute atomic E-state index is 0.234. The first-order valence-electron chi connectivity index (χ1n) is 12.5. The summed E-state index contributed by atoms with van der Waals surface area (Å²) in [5.74, 6) is 0.299. The second kappa shape index (κ2) is 10.8. The minimum atomic E-state index is -0.814. The summed E-state index contributed by atoms with van der Waals surface area (Å²) in [7, 11) is 0. The van der Waals surface area contributed by atoms with Crippen molar-refractivity contribution in [1.82, 2.24) is 19.5 Å². The van der Waals surface area contributed by atoms with Crippen LogP contribution in [0.5, 0.6) is 11.6 Å². The van der Waals surface area contributed by atoms with E-state index in [1.54, 1.807) is 13.0 Å². The third-order valence-electron chi connectivity index (χ3n) is 6.69. The maximum absolute atomic E-state index is 11.1. The van der Waals surface area contributed by atoms with Crippen LogP contribution in [0.2, 0.25) is 10.0 Å². The molecule has 8 nitrogen and oxygen atoms in total. The van der Waals surface area contributed by atoms with Crippen molar-refractivity contribution in [3.8, 4) is 23.0 Å². The predicted molar refractivity (Wildman–Crippen MR) is 146 cm³/mol. The molecule has 0 spiro atoms. The molecule has 38 heavy (non-hydrogen) atoms. The number of nitrogens with zero attached hydrogens (tertiary/aromatic N) is 4. The zero-order chi connectivity index (χ0) is 26.9. The topological polar surface area (TPSA) is 99.4 Å². The molecule has 0 bridgehead atoms. The number of ether oxygens (including phenoxy) is 2. The SMILES string of the molecule is CC(CCCOc1cccc(-c2nc3c(OC4(C)CC4)ncnc3n2Cc2cccc(Cl)c2)c1Cl)C(=O)O. The van der Waals surface area contributed by atoms with Gasteiger partial charge < -0.3 is 19.1 Å². The molecule has 4 aromatic rings. The fourth-order valence-electron chi connectivity index (χ4n) is 4.17. The quantitative estimate of drug-likeness (QED) is 0.207. The zero-order valence-electron chi connectivity index (χ0n) is 21.2. The highest BCUT2D eigenvalue weighted by Gasteiger charge is 2.41. The number of carbonyl (C=O) groups is 1. The maximum Gasteiger partial charge on any atom is 0.306 e. The van der Waals surface area contributed by atoms with Crippen LogP contribution in [0.25, 0.3) is 22.6 Å². The molecule has 0 radical (unpaired) electrons. The summed E-state index contributed by atoms with van der Waals surface area (Å²) in [5.41, 5.74) is 2.60.